The average Bonchev–Trinajstić information content (AvgIpc) is 3.08. The molecule has 0 bridgehead atoms. The van der Waals surface area contributed by atoms with E-state index < -0.39 is 6.04 Å². The molecule has 1 N–H and O–H groups in total. The summed E-state index contributed by atoms with van der Waals surface area (Å²) < 4.78 is 1.12. The summed E-state index contributed by atoms with van der Waals surface area (Å²) in [4.78, 5) is 31.9. The third kappa shape index (κ3) is 4.86. The topological polar surface area (TPSA) is 62.3 Å². The Balaban J connectivity index is 1.65. The van der Waals surface area contributed by atoms with Crippen LogP contribution in [0, 0.1) is 11.8 Å². The first kappa shape index (κ1) is 19.8. The highest BCUT2D eigenvalue weighted by Crippen LogP contribution is 2.25. The maximum atomic E-state index is 13.0. The molecule has 1 saturated carbocycles. The van der Waals surface area contributed by atoms with E-state index in [9.17, 15) is 9.59 Å². The molecule has 0 saturated heterocycles. The lowest BCUT2D eigenvalue weighted by atomic mass is 9.88. The van der Waals surface area contributed by atoms with Crippen molar-refractivity contribution in [1.82, 2.24) is 15.2 Å². The Morgan fingerprint density at radius 2 is 1.93 bits per heavy atom. The summed E-state index contributed by atoms with van der Waals surface area (Å²) in [5.41, 5.74) is 0.962. The predicted molar refractivity (Wildman–Crippen MR) is 109 cm³/mol. The quantitative estimate of drug-likeness (QED) is 0.816. The van der Waals surface area contributed by atoms with Crippen LogP contribution in [0.4, 0.5) is 0 Å². The smallest absolute Gasteiger partial charge is 0.245 e. The highest BCUT2D eigenvalue weighted by molar-refractivity contribution is 7.18. The van der Waals surface area contributed by atoms with Gasteiger partial charge in [-0.1, -0.05) is 45.2 Å². The van der Waals surface area contributed by atoms with E-state index in [-0.39, 0.29) is 23.7 Å². The van der Waals surface area contributed by atoms with Crippen molar-refractivity contribution in [2.24, 2.45) is 11.8 Å². The number of nitrogens with zero attached hydrogens (tertiary/aromatic N) is 2. The van der Waals surface area contributed by atoms with Crippen LogP contribution in [0.1, 0.15) is 51.0 Å². The molecule has 146 valence electrons. The molecule has 2 aromatic rings. The zero-order valence-electron chi connectivity index (χ0n) is 16.4. The molecule has 1 unspecified atom stereocenters. The van der Waals surface area contributed by atoms with Crippen LogP contribution in [0.3, 0.4) is 0 Å². The van der Waals surface area contributed by atoms with Crippen LogP contribution in [0.5, 0.6) is 0 Å². The van der Waals surface area contributed by atoms with E-state index >= 15 is 0 Å². The number of likely N-dealkylation sites (N-methyl/N-ethyl adjacent to an activating group) is 1. The summed E-state index contributed by atoms with van der Waals surface area (Å²) in [7, 11) is 1.79. The van der Waals surface area contributed by atoms with Crippen LogP contribution >= 0.6 is 11.3 Å². The van der Waals surface area contributed by atoms with Gasteiger partial charge in [-0.3, -0.25) is 9.59 Å². The van der Waals surface area contributed by atoms with Crippen molar-refractivity contribution >= 4 is 33.4 Å². The molecule has 27 heavy (non-hydrogen) atoms. The van der Waals surface area contributed by atoms with E-state index in [1.807, 2.05) is 38.1 Å². The van der Waals surface area contributed by atoms with Gasteiger partial charge in [0, 0.05) is 13.0 Å². The normalized spacial score (nSPS) is 16.4. The SMILES string of the molecule is CC(C)C(NC(=O)C1CCCCC1)C(=O)N(C)Cc1nc2ccccc2s1. The van der Waals surface area contributed by atoms with Gasteiger partial charge in [0.2, 0.25) is 11.8 Å². The minimum Gasteiger partial charge on any atom is -0.344 e. The molecule has 3 rings (SSSR count). The van der Waals surface area contributed by atoms with Gasteiger partial charge in [0.1, 0.15) is 11.0 Å². The second kappa shape index (κ2) is 8.83. The molecule has 1 aromatic carbocycles. The lowest BCUT2D eigenvalue weighted by molar-refractivity contribution is -0.138. The molecule has 0 radical (unpaired) electrons. The van der Waals surface area contributed by atoms with Crippen molar-refractivity contribution < 1.29 is 9.59 Å². The molecule has 6 heteroatoms. The van der Waals surface area contributed by atoms with Crippen LogP contribution in [-0.2, 0) is 16.1 Å². The Morgan fingerprint density at radius 3 is 2.59 bits per heavy atom. The first-order valence-electron chi connectivity index (χ1n) is 9.85. The molecule has 1 aliphatic rings. The Hall–Kier alpha value is -1.95. The fraction of sp³-hybridized carbons (Fsp3) is 0.571. The largest absolute Gasteiger partial charge is 0.344 e. The fourth-order valence-electron chi connectivity index (χ4n) is 3.66. The minimum atomic E-state index is -0.487. The molecular weight excluding hydrogens is 358 g/mol. The standard InChI is InChI=1S/C21H29N3O2S/c1-14(2)19(23-20(25)15-9-5-4-6-10-15)21(26)24(3)13-18-22-16-11-7-8-12-17(16)27-18/h7-8,11-12,14-15,19H,4-6,9-10,13H2,1-3H3,(H,23,25). The number of thiazole rings is 1. The third-order valence-corrected chi connectivity index (χ3v) is 6.31. The third-order valence-electron chi connectivity index (χ3n) is 5.29. The fourth-order valence-corrected chi connectivity index (χ4v) is 4.68. The first-order chi connectivity index (χ1) is 13.0. The summed E-state index contributed by atoms with van der Waals surface area (Å²) in [6.07, 6.45) is 5.30. The van der Waals surface area contributed by atoms with Gasteiger partial charge < -0.3 is 10.2 Å². The second-order valence-electron chi connectivity index (χ2n) is 7.83. The number of rotatable bonds is 6. The minimum absolute atomic E-state index is 0.0372. The number of benzene rings is 1. The van der Waals surface area contributed by atoms with Crippen molar-refractivity contribution in [1.29, 1.82) is 0 Å². The van der Waals surface area contributed by atoms with E-state index in [0.717, 1.165) is 40.9 Å². The molecular formula is C21H29N3O2S. The van der Waals surface area contributed by atoms with Gasteiger partial charge >= 0.3 is 0 Å². The van der Waals surface area contributed by atoms with Gasteiger partial charge in [-0.25, -0.2) is 4.98 Å². The van der Waals surface area contributed by atoms with Crippen molar-refractivity contribution in [2.75, 3.05) is 7.05 Å². The van der Waals surface area contributed by atoms with Crippen LogP contribution in [-0.4, -0.2) is 34.8 Å². The highest BCUT2D eigenvalue weighted by atomic mass is 32.1. The Kier molecular flexibility index (Phi) is 6.47. The van der Waals surface area contributed by atoms with Gasteiger partial charge in [-0.2, -0.15) is 0 Å². The van der Waals surface area contributed by atoms with Gasteiger partial charge in [0.15, 0.2) is 0 Å². The summed E-state index contributed by atoms with van der Waals surface area (Å²) in [5.74, 6) is 0.0915. The average molecular weight is 388 g/mol. The van der Waals surface area contributed by atoms with Gasteiger partial charge in [-0.15, -0.1) is 11.3 Å². The lowest BCUT2D eigenvalue weighted by Gasteiger charge is -2.29. The van der Waals surface area contributed by atoms with Gasteiger partial charge in [0.05, 0.1) is 16.8 Å². The van der Waals surface area contributed by atoms with E-state index in [4.69, 9.17) is 0 Å². The van der Waals surface area contributed by atoms with Crippen LogP contribution in [0.2, 0.25) is 0 Å². The van der Waals surface area contributed by atoms with Gasteiger partial charge in [-0.05, 0) is 30.9 Å². The number of fused-ring (bicyclic) bond motifs is 1. The summed E-state index contributed by atoms with van der Waals surface area (Å²) in [6, 6.07) is 7.50. The Morgan fingerprint density at radius 1 is 1.22 bits per heavy atom. The van der Waals surface area contributed by atoms with E-state index in [2.05, 4.69) is 10.3 Å². The molecule has 0 spiro atoms. The summed E-state index contributed by atoms with van der Waals surface area (Å²) in [6.45, 7) is 4.42. The Labute approximate surface area is 165 Å². The van der Waals surface area contributed by atoms with Crippen LogP contribution in [0.15, 0.2) is 24.3 Å². The lowest BCUT2D eigenvalue weighted by Crippen LogP contribution is -2.51. The molecule has 1 atom stereocenters. The van der Waals surface area contributed by atoms with Gasteiger partial charge in [0.25, 0.3) is 0 Å². The molecule has 1 heterocycles. The number of para-hydroxylation sites is 1. The van der Waals surface area contributed by atoms with Crippen molar-refractivity contribution in [3.63, 3.8) is 0 Å². The molecule has 5 nitrogen and oxygen atoms in total. The monoisotopic (exact) mass is 387 g/mol. The first-order valence-corrected chi connectivity index (χ1v) is 10.7. The van der Waals surface area contributed by atoms with E-state index in [1.165, 1.54) is 6.42 Å². The number of hydrogen-bond donors (Lipinski definition) is 1. The number of nitrogens with one attached hydrogen (secondary N) is 1. The highest BCUT2D eigenvalue weighted by Gasteiger charge is 2.30. The second-order valence-corrected chi connectivity index (χ2v) is 8.95. The zero-order chi connectivity index (χ0) is 19.4. The molecule has 1 aromatic heterocycles. The number of amides is 2. The maximum absolute atomic E-state index is 13.0. The molecule has 1 fully saturated rings. The Bertz CT molecular complexity index is 763. The predicted octanol–water partition coefficient (Wildman–Crippen LogP) is 3.98. The summed E-state index contributed by atoms with van der Waals surface area (Å²) in [5, 5.41) is 3.94. The number of carbonyl (C=O) groups is 2. The molecule has 2 amide bonds. The zero-order valence-corrected chi connectivity index (χ0v) is 17.2. The van der Waals surface area contributed by atoms with Crippen molar-refractivity contribution in [3.05, 3.63) is 29.3 Å². The van der Waals surface area contributed by atoms with Crippen molar-refractivity contribution in [2.45, 2.75) is 58.5 Å². The van der Waals surface area contributed by atoms with Crippen molar-refractivity contribution in [3.8, 4) is 0 Å². The van der Waals surface area contributed by atoms with E-state index in [1.54, 1.807) is 23.3 Å². The van der Waals surface area contributed by atoms with Crippen LogP contribution < -0.4 is 5.32 Å². The van der Waals surface area contributed by atoms with Crippen LogP contribution in [0.25, 0.3) is 10.2 Å². The number of aromatic nitrogens is 1. The van der Waals surface area contributed by atoms with E-state index in [0.29, 0.717) is 6.54 Å². The maximum Gasteiger partial charge on any atom is 0.245 e. The molecule has 0 aliphatic heterocycles. The molecule has 1 aliphatic carbocycles. The number of hydrogen-bond acceptors (Lipinski definition) is 4. The summed E-state index contributed by atoms with van der Waals surface area (Å²) >= 11 is 1.61. The number of carbonyl (C=O) groups excluding carboxylic acids is 2.